The molecule has 0 spiro atoms. The molecule has 0 aliphatic carbocycles. The summed E-state index contributed by atoms with van der Waals surface area (Å²) in [6.45, 7) is -1.36. The number of carbonyl (C=O) groups is 2. The van der Waals surface area contributed by atoms with Crippen molar-refractivity contribution in [1.82, 2.24) is 4.90 Å². The van der Waals surface area contributed by atoms with Gasteiger partial charge in [-0.3, -0.25) is 14.5 Å². The molecule has 6 nitrogen and oxygen atoms in total. The van der Waals surface area contributed by atoms with Crippen molar-refractivity contribution >= 4 is 23.2 Å². The molecule has 0 aromatic heterocycles. The van der Waals surface area contributed by atoms with Crippen molar-refractivity contribution in [3.63, 3.8) is 0 Å². The predicted octanol–water partition coefficient (Wildman–Crippen LogP) is 3.58. The Morgan fingerprint density at radius 3 is 2.21 bits per heavy atom. The van der Waals surface area contributed by atoms with E-state index in [1.165, 1.54) is 24.3 Å². The Kier molecular flexibility index (Phi) is 7.13. The van der Waals surface area contributed by atoms with E-state index in [0.29, 0.717) is 31.6 Å². The molecule has 8 heteroatoms. The standard InChI is InChI=1S/C21H23F2N3O3/c22-21(23)29-18-8-6-17(7-9-18)24-19(27)14-26-12-10-15(11-13-26)20(28)25-16-4-2-1-3-5-16/h1-9,15,21H,10-14H2,(H,24,27)(H,25,28). The first-order chi connectivity index (χ1) is 14.0. The van der Waals surface area contributed by atoms with Gasteiger partial charge in [0, 0.05) is 17.3 Å². The number of anilines is 2. The number of likely N-dealkylation sites (tertiary alicyclic amines) is 1. The molecule has 1 saturated heterocycles. The molecule has 29 heavy (non-hydrogen) atoms. The Balaban J connectivity index is 1.40. The van der Waals surface area contributed by atoms with Crippen LogP contribution >= 0.6 is 0 Å². The number of halogens is 2. The third kappa shape index (κ3) is 6.53. The molecule has 1 aliphatic rings. The van der Waals surface area contributed by atoms with Crippen LogP contribution in [-0.2, 0) is 9.59 Å². The third-order valence-corrected chi connectivity index (χ3v) is 4.73. The van der Waals surface area contributed by atoms with Crippen LogP contribution in [-0.4, -0.2) is 43.0 Å². The highest BCUT2D eigenvalue weighted by molar-refractivity contribution is 5.93. The molecule has 1 aliphatic heterocycles. The van der Waals surface area contributed by atoms with Gasteiger partial charge in [0.05, 0.1) is 6.54 Å². The minimum Gasteiger partial charge on any atom is -0.435 e. The van der Waals surface area contributed by atoms with Gasteiger partial charge in [-0.05, 0) is 62.3 Å². The Hall–Kier alpha value is -3.00. The summed E-state index contributed by atoms with van der Waals surface area (Å²) < 4.78 is 28.6. The first-order valence-electron chi connectivity index (χ1n) is 9.42. The van der Waals surface area contributed by atoms with Crippen molar-refractivity contribution in [2.75, 3.05) is 30.3 Å². The summed E-state index contributed by atoms with van der Waals surface area (Å²) in [5.41, 5.74) is 1.29. The lowest BCUT2D eigenvalue weighted by atomic mass is 9.96. The van der Waals surface area contributed by atoms with E-state index in [1.807, 2.05) is 35.2 Å². The Morgan fingerprint density at radius 1 is 0.966 bits per heavy atom. The highest BCUT2D eigenvalue weighted by Gasteiger charge is 2.26. The maximum absolute atomic E-state index is 12.4. The number of hydrogen-bond donors (Lipinski definition) is 2. The number of benzene rings is 2. The zero-order valence-corrected chi connectivity index (χ0v) is 15.8. The smallest absolute Gasteiger partial charge is 0.387 e. The molecule has 2 amide bonds. The first kappa shape index (κ1) is 20.7. The van der Waals surface area contributed by atoms with E-state index in [2.05, 4.69) is 15.4 Å². The second-order valence-electron chi connectivity index (χ2n) is 6.86. The minimum absolute atomic E-state index is 0.00593. The van der Waals surface area contributed by atoms with Crippen molar-refractivity contribution in [2.24, 2.45) is 5.92 Å². The number of nitrogens with one attached hydrogen (secondary N) is 2. The maximum Gasteiger partial charge on any atom is 0.387 e. The van der Waals surface area contributed by atoms with E-state index in [9.17, 15) is 18.4 Å². The molecule has 3 rings (SSSR count). The minimum atomic E-state index is -2.88. The maximum atomic E-state index is 12.4. The van der Waals surface area contributed by atoms with Gasteiger partial charge < -0.3 is 15.4 Å². The molecule has 0 unspecified atom stereocenters. The van der Waals surface area contributed by atoms with E-state index in [0.717, 1.165) is 5.69 Å². The SMILES string of the molecule is O=C(CN1CCC(C(=O)Nc2ccccc2)CC1)Nc1ccc(OC(F)F)cc1. The van der Waals surface area contributed by atoms with Crippen LogP contribution in [0.15, 0.2) is 54.6 Å². The lowest BCUT2D eigenvalue weighted by Gasteiger charge is -2.30. The number of para-hydroxylation sites is 1. The third-order valence-electron chi connectivity index (χ3n) is 4.73. The highest BCUT2D eigenvalue weighted by atomic mass is 19.3. The van der Waals surface area contributed by atoms with Gasteiger partial charge in [0.15, 0.2) is 0 Å². The number of alkyl halides is 2. The lowest BCUT2D eigenvalue weighted by Crippen LogP contribution is -2.41. The van der Waals surface area contributed by atoms with E-state index in [4.69, 9.17) is 0 Å². The summed E-state index contributed by atoms with van der Waals surface area (Å²) in [5, 5.41) is 5.66. The number of rotatable bonds is 7. The fourth-order valence-electron chi connectivity index (χ4n) is 3.24. The van der Waals surface area contributed by atoms with Gasteiger partial charge in [0.25, 0.3) is 0 Å². The van der Waals surface area contributed by atoms with Gasteiger partial charge in [-0.1, -0.05) is 18.2 Å². The second kappa shape index (κ2) is 9.97. The van der Waals surface area contributed by atoms with Gasteiger partial charge >= 0.3 is 6.61 Å². The summed E-state index contributed by atoms with van der Waals surface area (Å²) in [6, 6.07) is 15.1. The van der Waals surface area contributed by atoms with Crippen molar-refractivity contribution in [3.05, 3.63) is 54.6 Å². The summed E-state index contributed by atoms with van der Waals surface area (Å²) in [6.07, 6.45) is 1.37. The normalized spacial score (nSPS) is 15.1. The quantitative estimate of drug-likeness (QED) is 0.742. The summed E-state index contributed by atoms with van der Waals surface area (Å²) in [4.78, 5) is 26.6. The fraction of sp³-hybridized carbons (Fsp3) is 0.333. The van der Waals surface area contributed by atoms with Gasteiger partial charge in [0.2, 0.25) is 11.8 Å². The van der Waals surface area contributed by atoms with E-state index in [1.54, 1.807) is 0 Å². The lowest BCUT2D eigenvalue weighted by molar-refractivity contribution is -0.121. The van der Waals surface area contributed by atoms with Crippen LogP contribution in [0.1, 0.15) is 12.8 Å². The van der Waals surface area contributed by atoms with Crippen LogP contribution in [0.4, 0.5) is 20.2 Å². The number of piperidine rings is 1. The number of carbonyl (C=O) groups excluding carboxylic acids is 2. The molecule has 2 aromatic rings. The van der Waals surface area contributed by atoms with Crippen molar-refractivity contribution in [1.29, 1.82) is 0 Å². The zero-order chi connectivity index (χ0) is 20.6. The van der Waals surface area contributed by atoms with Gasteiger partial charge in [-0.2, -0.15) is 8.78 Å². The zero-order valence-electron chi connectivity index (χ0n) is 15.8. The largest absolute Gasteiger partial charge is 0.435 e. The fourth-order valence-corrected chi connectivity index (χ4v) is 3.24. The van der Waals surface area contributed by atoms with E-state index >= 15 is 0 Å². The van der Waals surface area contributed by atoms with Gasteiger partial charge in [-0.25, -0.2) is 0 Å². The van der Waals surface area contributed by atoms with Crippen LogP contribution in [0.2, 0.25) is 0 Å². The molecule has 0 saturated carbocycles. The topological polar surface area (TPSA) is 70.7 Å². The van der Waals surface area contributed by atoms with Crippen LogP contribution in [0, 0.1) is 5.92 Å². The molecule has 1 heterocycles. The number of nitrogens with zero attached hydrogens (tertiary/aromatic N) is 1. The molecule has 2 aromatic carbocycles. The molecule has 0 radical (unpaired) electrons. The summed E-state index contributed by atoms with van der Waals surface area (Å²) in [5.74, 6) is -0.225. The van der Waals surface area contributed by atoms with Crippen molar-refractivity contribution in [3.8, 4) is 5.75 Å². The average Bonchev–Trinajstić information content (AvgIpc) is 2.70. The average molecular weight is 403 g/mol. The van der Waals surface area contributed by atoms with Crippen LogP contribution < -0.4 is 15.4 Å². The van der Waals surface area contributed by atoms with Crippen LogP contribution in [0.25, 0.3) is 0 Å². The number of ether oxygens (including phenoxy) is 1. The van der Waals surface area contributed by atoms with Gasteiger partial charge in [-0.15, -0.1) is 0 Å². The summed E-state index contributed by atoms with van der Waals surface area (Å²) in [7, 11) is 0. The second-order valence-corrected chi connectivity index (χ2v) is 6.86. The predicted molar refractivity (Wildman–Crippen MR) is 106 cm³/mol. The number of hydrogen-bond acceptors (Lipinski definition) is 4. The Bertz CT molecular complexity index is 808. The molecule has 0 atom stereocenters. The molecular formula is C21H23F2N3O3. The van der Waals surface area contributed by atoms with E-state index in [-0.39, 0.29) is 30.0 Å². The Labute approximate surface area is 167 Å². The molecule has 1 fully saturated rings. The monoisotopic (exact) mass is 403 g/mol. The highest BCUT2D eigenvalue weighted by Crippen LogP contribution is 2.20. The molecule has 2 N–H and O–H groups in total. The number of amides is 2. The molecule has 0 bridgehead atoms. The van der Waals surface area contributed by atoms with Gasteiger partial charge in [0.1, 0.15) is 5.75 Å². The Morgan fingerprint density at radius 2 is 1.59 bits per heavy atom. The summed E-state index contributed by atoms with van der Waals surface area (Å²) >= 11 is 0. The van der Waals surface area contributed by atoms with Crippen molar-refractivity contribution in [2.45, 2.75) is 19.5 Å². The van der Waals surface area contributed by atoms with Crippen LogP contribution in [0.5, 0.6) is 5.75 Å². The molecular weight excluding hydrogens is 380 g/mol. The van der Waals surface area contributed by atoms with Crippen LogP contribution in [0.3, 0.4) is 0 Å². The van der Waals surface area contributed by atoms with E-state index < -0.39 is 6.61 Å². The molecule has 154 valence electrons. The van der Waals surface area contributed by atoms with Crippen molar-refractivity contribution < 1.29 is 23.1 Å². The first-order valence-corrected chi connectivity index (χ1v) is 9.42.